The molecule has 0 saturated heterocycles. The molecule has 6 heteroatoms. The highest BCUT2D eigenvalue weighted by atomic mass is 35.5. The third-order valence-electron chi connectivity index (χ3n) is 5.29. The lowest BCUT2D eigenvalue weighted by molar-refractivity contribution is -0.157. The number of amides is 1. The number of carbonyl (C=O) groups is 2. The number of rotatable bonds is 6. The van der Waals surface area contributed by atoms with E-state index < -0.39 is 12.1 Å². The fraction of sp³-hybridized carbons (Fsp3) is 0.455. The molecule has 150 valence electrons. The molecule has 28 heavy (non-hydrogen) atoms. The summed E-state index contributed by atoms with van der Waals surface area (Å²) < 4.78 is 5.40. The first-order valence-corrected chi connectivity index (χ1v) is 11.1. The molecule has 0 N–H and O–H groups in total. The summed E-state index contributed by atoms with van der Waals surface area (Å²) >= 11 is 7.71. The van der Waals surface area contributed by atoms with E-state index in [-0.39, 0.29) is 17.7 Å². The standard InChI is InChI=1S/C22H26ClNO3S/c1-15(22(26)24(2)17-10-4-3-5-11-17)27-20(25)14-28-19-13-7-9-16-8-6-12-18(23)21(16)19/h6-9,12-13,15,17H,3-5,10-11,14H2,1-2H3/t15-/m0/s1. The summed E-state index contributed by atoms with van der Waals surface area (Å²) in [6, 6.07) is 11.9. The Labute approximate surface area is 175 Å². The molecule has 1 aliphatic rings. The van der Waals surface area contributed by atoms with Gasteiger partial charge in [0.15, 0.2) is 6.10 Å². The summed E-state index contributed by atoms with van der Waals surface area (Å²) in [6.07, 6.45) is 4.83. The second-order valence-electron chi connectivity index (χ2n) is 7.26. The van der Waals surface area contributed by atoms with Gasteiger partial charge in [-0.1, -0.05) is 55.1 Å². The van der Waals surface area contributed by atoms with Crippen LogP contribution in [0.25, 0.3) is 10.8 Å². The van der Waals surface area contributed by atoms with Crippen LogP contribution in [0.15, 0.2) is 41.3 Å². The van der Waals surface area contributed by atoms with Gasteiger partial charge in [0.05, 0.1) is 5.75 Å². The normalized spacial score (nSPS) is 16.0. The molecule has 2 aromatic carbocycles. The minimum absolute atomic E-state index is 0.126. The minimum Gasteiger partial charge on any atom is -0.452 e. The molecular formula is C22H26ClNO3S. The smallest absolute Gasteiger partial charge is 0.317 e. The Morgan fingerprint density at radius 2 is 1.86 bits per heavy atom. The largest absolute Gasteiger partial charge is 0.452 e. The number of esters is 1. The molecule has 0 bridgehead atoms. The molecule has 1 aliphatic carbocycles. The van der Waals surface area contributed by atoms with Crippen molar-refractivity contribution in [3.63, 3.8) is 0 Å². The quantitative estimate of drug-likeness (QED) is 0.470. The Morgan fingerprint density at radius 3 is 2.57 bits per heavy atom. The van der Waals surface area contributed by atoms with Crippen LogP contribution in [-0.4, -0.2) is 41.7 Å². The third-order valence-corrected chi connectivity index (χ3v) is 6.63. The lowest BCUT2D eigenvalue weighted by Crippen LogP contribution is -2.44. The van der Waals surface area contributed by atoms with E-state index in [4.69, 9.17) is 16.3 Å². The van der Waals surface area contributed by atoms with Crippen molar-refractivity contribution in [3.8, 4) is 0 Å². The van der Waals surface area contributed by atoms with E-state index in [1.165, 1.54) is 18.2 Å². The highest BCUT2D eigenvalue weighted by molar-refractivity contribution is 8.00. The lowest BCUT2D eigenvalue weighted by atomic mass is 9.94. The number of halogens is 1. The lowest BCUT2D eigenvalue weighted by Gasteiger charge is -2.32. The first-order valence-electron chi connectivity index (χ1n) is 9.73. The zero-order chi connectivity index (χ0) is 20.1. The van der Waals surface area contributed by atoms with E-state index in [1.54, 1.807) is 11.8 Å². The summed E-state index contributed by atoms with van der Waals surface area (Å²) in [4.78, 5) is 27.6. The highest BCUT2D eigenvalue weighted by Gasteiger charge is 2.27. The number of nitrogens with zero attached hydrogens (tertiary/aromatic N) is 1. The number of fused-ring (bicyclic) bond motifs is 1. The van der Waals surface area contributed by atoms with E-state index >= 15 is 0 Å². The molecule has 3 rings (SSSR count). The van der Waals surface area contributed by atoms with E-state index in [1.807, 2.05) is 43.4 Å². The van der Waals surface area contributed by atoms with Gasteiger partial charge in [0.1, 0.15) is 0 Å². The molecule has 4 nitrogen and oxygen atoms in total. The number of hydrogen-bond donors (Lipinski definition) is 0. The molecular weight excluding hydrogens is 394 g/mol. The zero-order valence-corrected chi connectivity index (χ0v) is 17.9. The van der Waals surface area contributed by atoms with E-state index in [0.717, 1.165) is 41.4 Å². The third kappa shape index (κ3) is 5.00. The SMILES string of the molecule is C[C@H](OC(=O)CSc1cccc2cccc(Cl)c12)C(=O)N(C)C1CCCCC1. The molecule has 2 aromatic rings. The van der Waals surface area contributed by atoms with Crippen molar-refractivity contribution in [1.82, 2.24) is 4.90 Å². The number of carbonyl (C=O) groups excluding carboxylic acids is 2. The first-order chi connectivity index (χ1) is 13.5. The van der Waals surface area contributed by atoms with E-state index in [2.05, 4.69) is 0 Å². The first kappa shape index (κ1) is 21.0. The summed E-state index contributed by atoms with van der Waals surface area (Å²) in [6.45, 7) is 1.65. The van der Waals surface area contributed by atoms with Gasteiger partial charge in [-0.2, -0.15) is 0 Å². The van der Waals surface area contributed by atoms with Crippen molar-refractivity contribution < 1.29 is 14.3 Å². The molecule has 0 heterocycles. The van der Waals surface area contributed by atoms with Crippen molar-refractivity contribution in [3.05, 3.63) is 41.4 Å². The van der Waals surface area contributed by atoms with Crippen LogP contribution in [0.4, 0.5) is 0 Å². The van der Waals surface area contributed by atoms with Crippen molar-refractivity contribution >= 4 is 46.0 Å². The molecule has 0 spiro atoms. The molecule has 0 aromatic heterocycles. The van der Waals surface area contributed by atoms with Crippen molar-refractivity contribution in [2.75, 3.05) is 12.8 Å². The van der Waals surface area contributed by atoms with Gasteiger partial charge in [0.2, 0.25) is 0 Å². The fourth-order valence-electron chi connectivity index (χ4n) is 3.74. The number of thioether (sulfide) groups is 1. The second-order valence-corrected chi connectivity index (χ2v) is 8.68. The topological polar surface area (TPSA) is 46.6 Å². The molecule has 1 saturated carbocycles. The van der Waals surface area contributed by atoms with Gasteiger partial charge in [0, 0.05) is 28.4 Å². The maximum atomic E-state index is 12.6. The van der Waals surface area contributed by atoms with Gasteiger partial charge in [-0.25, -0.2) is 0 Å². The van der Waals surface area contributed by atoms with Crippen molar-refractivity contribution in [1.29, 1.82) is 0 Å². The number of ether oxygens (including phenoxy) is 1. The Balaban J connectivity index is 1.56. The molecule has 0 unspecified atom stereocenters. The summed E-state index contributed by atoms with van der Waals surface area (Å²) in [5, 5.41) is 2.63. The van der Waals surface area contributed by atoms with Crippen LogP contribution in [0.2, 0.25) is 5.02 Å². The van der Waals surface area contributed by atoms with Crippen LogP contribution in [0.5, 0.6) is 0 Å². The molecule has 1 atom stereocenters. The number of hydrogen-bond acceptors (Lipinski definition) is 4. The number of benzene rings is 2. The predicted octanol–water partition coefficient (Wildman–Crippen LogP) is 5.31. The van der Waals surface area contributed by atoms with Gasteiger partial charge < -0.3 is 9.64 Å². The van der Waals surface area contributed by atoms with E-state index in [9.17, 15) is 9.59 Å². The minimum atomic E-state index is -0.767. The molecule has 0 aliphatic heterocycles. The zero-order valence-electron chi connectivity index (χ0n) is 16.3. The van der Waals surface area contributed by atoms with Crippen molar-refractivity contribution in [2.24, 2.45) is 0 Å². The van der Waals surface area contributed by atoms with Gasteiger partial charge in [-0.05, 0) is 37.3 Å². The van der Waals surface area contributed by atoms with Gasteiger partial charge in [0.25, 0.3) is 5.91 Å². The van der Waals surface area contributed by atoms with Crippen LogP contribution >= 0.6 is 23.4 Å². The Morgan fingerprint density at radius 1 is 1.18 bits per heavy atom. The van der Waals surface area contributed by atoms with Gasteiger partial charge in [-0.15, -0.1) is 11.8 Å². The summed E-state index contributed by atoms with van der Waals surface area (Å²) in [5.74, 6) is -0.389. The van der Waals surface area contributed by atoms with Crippen LogP contribution in [0.3, 0.4) is 0 Å². The maximum absolute atomic E-state index is 12.6. The monoisotopic (exact) mass is 419 g/mol. The maximum Gasteiger partial charge on any atom is 0.317 e. The Hall–Kier alpha value is -1.72. The number of likely N-dealkylation sites (N-methyl/N-ethyl adjacent to an activating group) is 1. The average molecular weight is 420 g/mol. The van der Waals surface area contributed by atoms with Gasteiger partial charge >= 0.3 is 5.97 Å². The second kappa shape index (κ2) is 9.66. The van der Waals surface area contributed by atoms with Crippen LogP contribution in [-0.2, 0) is 14.3 Å². The molecule has 1 fully saturated rings. The predicted molar refractivity (Wildman–Crippen MR) is 115 cm³/mol. The highest BCUT2D eigenvalue weighted by Crippen LogP contribution is 2.33. The van der Waals surface area contributed by atoms with Gasteiger partial charge in [-0.3, -0.25) is 9.59 Å². The summed E-state index contributed by atoms with van der Waals surface area (Å²) in [5.41, 5.74) is 0. The fourth-order valence-corrected chi connectivity index (χ4v) is 4.96. The average Bonchev–Trinajstić information content (AvgIpc) is 2.71. The summed E-state index contributed by atoms with van der Waals surface area (Å²) in [7, 11) is 1.81. The van der Waals surface area contributed by atoms with E-state index in [0.29, 0.717) is 5.02 Å². The van der Waals surface area contributed by atoms with Crippen molar-refractivity contribution in [2.45, 2.75) is 56.1 Å². The molecule has 0 radical (unpaired) electrons. The Kier molecular flexibility index (Phi) is 7.24. The Bertz CT molecular complexity index is 846. The van der Waals surface area contributed by atoms with Crippen LogP contribution in [0, 0.1) is 0 Å². The van der Waals surface area contributed by atoms with Crippen LogP contribution < -0.4 is 0 Å². The van der Waals surface area contributed by atoms with Crippen LogP contribution in [0.1, 0.15) is 39.0 Å². The molecule has 1 amide bonds.